The number of nitrogens with two attached hydrogens (primary N) is 1. The van der Waals surface area contributed by atoms with Crippen molar-refractivity contribution < 1.29 is 9.47 Å². The van der Waals surface area contributed by atoms with Gasteiger partial charge in [0.25, 0.3) is 0 Å². The van der Waals surface area contributed by atoms with Gasteiger partial charge in [0.05, 0.1) is 0 Å². The fraction of sp³-hybridized carbons (Fsp3) is 0.455. The molecule has 1 heterocycles. The van der Waals surface area contributed by atoms with Gasteiger partial charge >= 0.3 is 0 Å². The highest BCUT2D eigenvalue weighted by atomic mass is 35.5. The highest BCUT2D eigenvalue weighted by Gasteiger charge is 2.15. The van der Waals surface area contributed by atoms with Crippen LogP contribution in [0.1, 0.15) is 18.4 Å². The van der Waals surface area contributed by atoms with Crippen molar-refractivity contribution in [3.05, 3.63) is 22.7 Å². The van der Waals surface area contributed by atoms with E-state index in [-0.39, 0.29) is 6.79 Å². The molecule has 1 aliphatic heterocycles. The van der Waals surface area contributed by atoms with Crippen molar-refractivity contribution in [2.24, 2.45) is 5.73 Å². The summed E-state index contributed by atoms with van der Waals surface area (Å²) in [6.07, 6.45) is 3.01. The molecular weight excluding hydrogens is 214 g/mol. The van der Waals surface area contributed by atoms with Crippen molar-refractivity contribution in [3.8, 4) is 11.5 Å². The van der Waals surface area contributed by atoms with Crippen molar-refractivity contribution in [2.45, 2.75) is 19.3 Å². The Kier molecular flexibility index (Phi) is 3.34. The van der Waals surface area contributed by atoms with Gasteiger partial charge in [0.15, 0.2) is 11.5 Å². The zero-order chi connectivity index (χ0) is 10.7. The summed E-state index contributed by atoms with van der Waals surface area (Å²) in [5, 5.41) is 0.747. The summed E-state index contributed by atoms with van der Waals surface area (Å²) >= 11 is 6.12. The second-order valence-electron chi connectivity index (χ2n) is 3.54. The molecule has 1 aromatic carbocycles. The lowest BCUT2D eigenvalue weighted by molar-refractivity contribution is 0.174. The van der Waals surface area contributed by atoms with E-state index in [2.05, 4.69) is 0 Å². The summed E-state index contributed by atoms with van der Waals surface area (Å²) in [5.41, 5.74) is 6.55. The minimum Gasteiger partial charge on any atom is -0.454 e. The van der Waals surface area contributed by atoms with Gasteiger partial charge in [-0.25, -0.2) is 0 Å². The Morgan fingerprint density at radius 1 is 1.20 bits per heavy atom. The normalized spacial score (nSPS) is 13.2. The molecule has 0 fully saturated rings. The van der Waals surface area contributed by atoms with Crippen LogP contribution in [0.4, 0.5) is 0 Å². The molecule has 1 aliphatic rings. The molecule has 0 bridgehead atoms. The van der Waals surface area contributed by atoms with Crippen LogP contribution in [-0.2, 0) is 6.42 Å². The van der Waals surface area contributed by atoms with Gasteiger partial charge in [-0.05, 0) is 37.4 Å². The highest BCUT2D eigenvalue weighted by Crippen LogP contribution is 2.37. The number of aryl methyl sites for hydroxylation is 1. The first-order chi connectivity index (χ1) is 7.31. The molecule has 0 radical (unpaired) electrons. The maximum absolute atomic E-state index is 6.12. The van der Waals surface area contributed by atoms with Crippen LogP contribution < -0.4 is 15.2 Å². The SMILES string of the molecule is NCCCCc1cc2c(cc1Cl)OCO2. The number of unbranched alkanes of at least 4 members (excludes halogenated alkanes) is 1. The lowest BCUT2D eigenvalue weighted by Crippen LogP contribution is -1.99. The van der Waals surface area contributed by atoms with E-state index >= 15 is 0 Å². The van der Waals surface area contributed by atoms with Crippen LogP contribution in [0.3, 0.4) is 0 Å². The first-order valence-electron chi connectivity index (χ1n) is 5.09. The molecule has 0 spiro atoms. The van der Waals surface area contributed by atoms with Gasteiger partial charge < -0.3 is 15.2 Å². The van der Waals surface area contributed by atoms with Crippen LogP contribution in [0.5, 0.6) is 11.5 Å². The zero-order valence-corrected chi connectivity index (χ0v) is 9.22. The largest absolute Gasteiger partial charge is 0.454 e. The minimum atomic E-state index is 0.290. The van der Waals surface area contributed by atoms with E-state index in [1.165, 1.54) is 0 Å². The Hall–Kier alpha value is -0.930. The summed E-state index contributed by atoms with van der Waals surface area (Å²) < 4.78 is 10.5. The molecule has 0 saturated carbocycles. The number of ether oxygens (including phenoxy) is 2. The molecule has 0 aromatic heterocycles. The molecule has 0 atom stereocenters. The average Bonchev–Trinajstić information content (AvgIpc) is 2.65. The third-order valence-corrected chi connectivity index (χ3v) is 2.79. The molecule has 2 N–H and O–H groups in total. The highest BCUT2D eigenvalue weighted by molar-refractivity contribution is 6.31. The number of rotatable bonds is 4. The fourth-order valence-corrected chi connectivity index (χ4v) is 1.86. The molecule has 15 heavy (non-hydrogen) atoms. The lowest BCUT2D eigenvalue weighted by Gasteiger charge is -2.05. The fourth-order valence-electron chi connectivity index (χ4n) is 1.61. The Bertz CT molecular complexity index is 355. The van der Waals surface area contributed by atoms with Gasteiger partial charge in [-0.2, -0.15) is 0 Å². The van der Waals surface area contributed by atoms with Crippen molar-refractivity contribution in [2.75, 3.05) is 13.3 Å². The summed E-state index contributed by atoms with van der Waals surface area (Å²) in [7, 11) is 0. The molecular formula is C11H14ClNO2. The molecule has 4 heteroatoms. The topological polar surface area (TPSA) is 44.5 Å². The van der Waals surface area contributed by atoms with Crippen LogP contribution in [0.15, 0.2) is 12.1 Å². The number of hydrogen-bond donors (Lipinski definition) is 1. The van der Waals surface area contributed by atoms with Crippen LogP contribution in [0, 0.1) is 0 Å². The molecule has 0 saturated heterocycles. The molecule has 82 valence electrons. The Labute approximate surface area is 94.1 Å². The zero-order valence-electron chi connectivity index (χ0n) is 8.46. The van der Waals surface area contributed by atoms with Gasteiger partial charge in [0.2, 0.25) is 6.79 Å². The van der Waals surface area contributed by atoms with E-state index in [4.69, 9.17) is 26.8 Å². The number of hydrogen-bond acceptors (Lipinski definition) is 3. The third-order valence-electron chi connectivity index (χ3n) is 2.44. The Morgan fingerprint density at radius 3 is 2.67 bits per heavy atom. The van der Waals surface area contributed by atoms with E-state index in [9.17, 15) is 0 Å². The van der Waals surface area contributed by atoms with Crippen molar-refractivity contribution >= 4 is 11.6 Å². The second kappa shape index (κ2) is 4.73. The molecule has 0 unspecified atom stereocenters. The molecule has 3 nitrogen and oxygen atoms in total. The van der Waals surface area contributed by atoms with Gasteiger partial charge in [0.1, 0.15) is 0 Å². The van der Waals surface area contributed by atoms with Crippen molar-refractivity contribution in [1.82, 2.24) is 0 Å². The maximum atomic E-state index is 6.12. The molecule has 1 aromatic rings. The maximum Gasteiger partial charge on any atom is 0.231 e. The summed E-state index contributed by atoms with van der Waals surface area (Å²) in [4.78, 5) is 0. The van der Waals surface area contributed by atoms with E-state index in [1.807, 2.05) is 12.1 Å². The predicted octanol–water partition coefficient (Wildman–Crippen LogP) is 2.35. The second-order valence-corrected chi connectivity index (χ2v) is 3.95. The van der Waals surface area contributed by atoms with E-state index in [0.717, 1.165) is 47.9 Å². The number of halogens is 1. The standard InChI is InChI=1S/C11H14ClNO2/c12-9-6-11-10(14-7-15-11)5-8(9)3-1-2-4-13/h5-6H,1-4,7,13H2. The van der Waals surface area contributed by atoms with E-state index < -0.39 is 0 Å². The Morgan fingerprint density at radius 2 is 1.93 bits per heavy atom. The first kappa shape index (κ1) is 10.6. The lowest BCUT2D eigenvalue weighted by atomic mass is 10.1. The minimum absolute atomic E-state index is 0.290. The monoisotopic (exact) mass is 227 g/mol. The van der Waals surface area contributed by atoms with Crippen molar-refractivity contribution in [1.29, 1.82) is 0 Å². The average molecular weight is 228 g/mol. The van der Waals surface area contributed by atoms with Crippen LogP contribution in [-0.4, -0.2) is 13.3 Å². The number of fused-ring (bicyclic) bond motifs is 1. The van der Waals surface area contributed by atoms with Gasteiger partial charge in [-0.3, -0.25) is 0 Å². The first-order valence-corrected chi connectivity index (χ1v) is 5.47. The quantitative estimate of drug-likeness (QED) is 0.804. The third kappa shape index (κ3) is 2.36. The van der Waals surface area contributed by atoms with Crippen LogP contribution in [0.2, 0.25) is 5.02 Å². The predicted molar refractivity (Wildman–Crippen MR) is 59.6 cm³/mol. The van der Waals surface area contributed by atoms with Crippen LogP contribution >= 0.6 is 11.6 Å². The van der Waals surface area contributed by atoms with Gasteiger partial charge in [-0.1, -0.05) is 11.6 Å². The van der Waals surface area contributed by atoms with Gasteiger partial charge in [0, 0.05) is 11.1 Å². The van der Waals surface area contributed by atoms with E-state index in [0.29, 0.717) is 0 Å². The smallest absolute Gasteiger partial charge is 0.231 e. The molecule has 0 aliphatic carbocycles. The van der Waals surface area contributed by atoms with Gasteiger partial charge in [-0.15, -0.1) is 0 Å². The molecule has 0 amide bonds. The van der Waals surface area contributed by atoms with Crippen molar-refractivity contribution in [3.63, 3.8) is 0 Å². The molecule has 2 rings (SSSR count). The number of benzene rings is 1. The summed E-state index contributed by atoms with van der Waals surface area (Å²) in [6, 6.07) is 3.78. The summed E-state index contributed by atoms with van der Waals surface area (Å²) in [6.45, 7) is 1.01. The Balaban J connectivity index is 2.10. The summed E-state index contributed by atoms with van der Waals surface area (Å²) in [5.74, 6) is 1.53. The van der Waals surface area contributed by atoms with E-state index in [1.54, 1.807) is 0 Å². The van der Waals surface area contributed by atoms with Crippen LogP contribution in [0.25, 0.3) is 0 Å².